The molecular weight excluding hydrogens is 168 g/mol. The molecule has 14 heavy (non-hydrogen) atoms. The zero-order valence-electron chi connectivity index (χ0n) is 10.0. The van der Waals surface area contributed by atoms with E-state index in [1.54, 1.807) is 0 Å². The molecule has 0 aromatic carbocycles. The van der Waals surface area contributed by atoms with Gasteiger partial charge in [-0.1, -0.05) is 23.0 Å². The van der Waals surface area contributed by atoms with E-state index in [4.69, 9.17) is 0 Å². The predicted octanol–water partition coefficient (Wildman–Crippen LogP) is 3.40. The van der Waals surface area contributed by atoms with E-state index in [0.717, 1.165) is 0 Å². The summed E-state index contributed by atoms with van der Waals surface area (Å²) >= 11 is 0. The van der Waals surface area contributed by atoms with Crippen LogP contribution in [0, 0.1) is 34.5 Å². The Morgan fingerprint density at radius 3 is 1.29 bits per heavy atom. The van der Waals surface area contributed by atoms with Crippen LogP contribution >= 0.6 is 0 Å². The molecule has 0 heteroatoms. The van der Waals surface area contributed by atoms with Gasteiger partial charge in [0.05, 0.1) is 10.8 Å². The molecule has 0 saturated carbocycles. The highest BCUT2D eigenvalue weighted by atomic mass is 14.5. The lowest BCUT2D eigenvalue weighted by Crippen LogP contribution is -2.47. The average molecular weight is 186 g/mol. The van der Waals surface area contributed by atoms with Crippen molar-refractivity contribution in [2.75, 3.05) is 0 Å². The fraction of sp³-hybridized carbons (Fsp3) is 0.571. The molecule has 1 aliphatic carbocycles. The molecule has 0 saturated heterocycles. The summed E-state index contributed by atoms with van der Waals surface area (Å²) in [7, 11) is 0. The van der Waals surface area contributed by atoms with E-state index >= 15 is 0 Å². The smallest absolute Gasteiger partial charge is 0.0695 e. The van der Waals surface area contributed by atoms with Crippen molar-refractivity contribution in [2.45, 2.75) is 41.5 Å². The van der Waals surface area contributed by atoms with Crippen LogP contribution in [0.3, 0.4) is 0 Å². The fourth-order valence-corrected chi connectivity index (χ4v) is 2.38. The molecular formula is C14H18. The molecule has 0 radical (unpaired) electrons. The molecule has 0 amide bonds. The lowest BCUT2D eigenvalue weighted by molar-refractivity contribution is 0.240. The summed E-state index contributed by atoms with van der Waals surface area (Å²) in [5, 5.41) is 0. The van der Waals surface area contributed by atoms with Gasteiger partial charge in [-0.15, -0.1) is 11.8 Å². The number of allylic oxidation sites excluding steroid dienone is 2. The van der Waals surface area contributed by atoms with Crippen molar-refractivity contribution in [1.82, 2.24) is 0 Å². The van der Waals surface area contributed by atoms with Gasteiger partial charge in [-0.3, -0.25) is 0 Å². The van der Waals surface area contributed by atoms with Gasteiger partial charge >= 0.3 is 0 Å². The molecule has 0 N–H and O–H groups in total. The van der Waals surface area contributed by atoms with Gasteiger partial charge in [0.1, 0.15) is 0 Å². The van der Waals surface area contributed by atoms with Crippen molar-refractivity contribution in [3.05, 3.63) is 11.1 Å². The standard InChI is InChI=1S/C14H18/c1-7-9-13(5)11(3)12(4)14(13,6)10-8-2/h1-6H3/t13-,14-/m0/s1. The largest absolute Gasteiger partial charge is 0.106 e. The van der Waals surface area contributed by atoms with Crippen LogP contribution in [-0.2, 0) is 0 Å². The summed E-state index contributed by atoms with van der Waals surface area (Å²) in [5.41, 5.74) is 2.68. The van der Waals surface area contributed by atoms with Crippen molar-refractivity contribution < 1.29 is 0 Å². The maximum Gasteiger partial charge on any atom is 0.0695 e. The van der Waals surface area contributed by atoms with Gasteiger partial charge in [-0.2, -0.15) is 0 Å². The van der Waals surface area contributed by atoms with Crippen LogP contribution in [0.5, 0.6) is 0 Å². The first kappa shape index (κ1) is 10.9. The summed E-state index contributed by atoms with van der Waals surface area (Å²) in [4.78, 5) is 0. The molecule has 0 aromatic rings. The molecule has 1 aliphatic rings. The minimum absolute atomic E-state index is 0.0468. The highest BCUT2D eigenvalue weighted by Crippen LogP contribution is 2.59. The van der Waals surface area contributed by atoms with E-state index in [1.165, 1.54) is 11.1 Å². The zero-order chi connectivity index (χ0) is 11.0. The first-order valence-corrected chi connectivity index (χ1v) is 5.00. The summed E-state index contributed by atoms with van der Waals surface area (Å²) in [5.74, 6) is 12.7. The monoisotopic (exact) mass is 186 g/mol. The molecule has 0 nitrogen and oxygen atoms in total. The van der Waals surface area contributed by atoms with E-state index in [2.05, 4.69) is 51.4 Å². The first-order valence-electron chi connectivity index (χ1n) is 5.00. The Balaban J connectivity index is 3.33. The van der Waals surface area contributed by atoms with Gasteiger partial charge in [0.15, 0.2) is 0 Å². The zero-order valence-corrected chi connectivity index (χ0v) is 10.0. The Kier molecular flexibility index (Phi) is 2.51. The lowest BCUT2D eigenvalue weighted by atomic mass is 9.49. The van der Waals surface area contributed by atoms with E-state index in [1.807, 2.05) is 13.8 Å². The second kappa shape index (κ2) is 3.21. The molecule has 2 atom stereocenters. The summed E-state index contributed by atoms with van der Waals surface area (Å²) in [6.07, 6.45) is 0. The number of hydrogen-bond donors (Lipinski definition) is 0. The topological polar surface area (TPSA) is 0 Å². The van der Waals surface area contributed by atoms with E-state index in [0.29, 0.717) is 0 Å². The number of hydrogen-bond acceptors (Lipinski definition) is 0. The second-order valence-electron chi connectivity index (χ2n) is 4.25. The molecule has 0 heterocycles. The van der Waals surface area contributed by atoms with Crippen LogP contribution in [0.4, 0.5) is 0 Å². The average Bonchev–Trinajstić information content (AvgIpc) is 2.16. The van der Waals surface area contributed by atoms with Gasteiger partial charge in [-0.25, -0.2) is 0 Å². The molecule has 0 aromatic heterocycles. The van der Waals surface area contributed by atoms with Gasteiger partial charge < -0.3 is 0 Å². The van der Waals surface area contributed by atoms with Crippen LogP contribution < -0.4 is 0 Å². The van der Waals surface area contributed by atoms with Crippen LogP contribution in [0.15, 0.2) is 11.1 Å². The summed E-state index contributed by atoms with van der Waals surface area (Å²) < 4.78 is 0. The molecule has 1 rings (SSSR count). The third kappa shape index (κ3) is 1.04. The van der Waals surface area contributed by atoms with Gasteiger partial charge in [-0.05, 0) is 41.5 Å². The summed E-state index contributed by atoms with van der Waals surface area (Å²) in [6.45, 7) is 12.5. The highest BCUT2D eigenvalue weighted by Gasteiger charge is 2.54. The fourth-order valence-electron chi connectivity index (χ4n) is 2.38. The summed E-state index contributed by atoms with van der Waals surface area (Å²) in [6, 6.07) is 0. The molecule has 0 spiro atoms. The maximum atomic E-state index is 3.30. The van der Waals surface area contributed by atoms with Crippen LogP contribution in [-0.4, -0.2) is 0 Å². The van der Waals surface area contributed by atoms with Crippen molar-refractivity contribution in [3.63, 3.8) is 0 Å². The third-order valence-electron chi connectivity index (χ3n) is 3.81. The van der Waals surface area contributed by atoms with E-state index in [-0.39, 0.29) is 10.8 Å². The Labute approximate surface area is 87.8 Å². The normalized spacial score (nSPS) is 35.0. The SMILES string of the molecule is CC#C[C@@]1(C)C(C)=C(C)[C@]1(C)C#CC. The van der Waals surface area contributed by atoms with Gasteiger partial charge in [0.25, 0.3) is 0 Å². The Morgan fingerprint density at radius 2 is 1.07 bits per heavy atom. The minimum atomic E-state index is -0.0468. The van der Waals surface area contributed by atoms with Crippen LogP contribution in [0.25, 0.3) is 0 Å². The second-order valence-corrected chi connectivity index (χ2v) is 4.25. The van der Waals surface area contributed by atoms with Crippen molar-refractivity contribution in [3.8, 4) is 23.7 Å². The maximum absolute atomic E-state index is 3.30. The predicted molar refractivity (Wildman–Crippen MR) is 61.5 cm³/mol. The Morgan fingerprint density at radius 1 is 0.786 bits per heavy atom. The van der Waals surface area contributed by atoms with E-state index < -0.39 is 0 Å². The van der Waals surface area contributed by atoms with Crippen LogP contribution in [0.1, 0.15) is 41.5 Å². The first-order chi connectivity index (χ1) is 6.44. The molecule has 0 unspecified atom stereocenters. The molecule has 0 bridgehead atoms. The minimum Gasteiger partial charge on any atom is -0.106 e. The van der Waals surface area contributed by atoms with Gasteiger partial charge in [0, 0.05) is 0 Å². The van der Waals surface area contributed by atoms with Crippen molar-refractivity contribution in [1.29, 1.82) is 0 Å². The quantitative estimate of drug-likeness (QED) is 0.402. The van der Waals surface area contributed by atoms with E-state index in [9.17, 15) is 0 Å². The Hall–Kier alpha value is -1.14. The molecule has 74 valence electrons. The highest BCUT2D eigenvalue weighted by molar-refractivity contribution is 5.53. The lowest BCUT2D eigenvalue weighted by Gasteiger charge is -2.52. The van der Waals surface area contributed by atoms with Gasteiger partial charge in [0.2, 0.25) is 0 Å². The molecule has 0 aliphatic heterocycles. The number of rotatable bonds is 0. The van der Waals surface area contributed by atoms with Crippen LogP contribution in [0.2, 0.25) is 0 Å². The van der Waals surface area contributed by atoms with Crippen molar-refractivity contribution in [2.24, 2.45) is 10.8 Å². The Bertz CT molecular complexity index is 363. The third-order valence-corrected chi connectivity index (χ3v) is 3.81. The molecule has 0 fully saturated rings. The van der Waals surface area contributed by atoms with Crippen molar-refractivity contribution >= 4 is 0 Å².